The van der Waals surface area contributed by atoms with E-state index in [-0.39, 0.29) is 18.6 Å². The fourth-order valence-corrected chi connectivity index (χ4v) is 2.32. The van der Waals surface area contributed by atoms with E-state index in [0.717, 1.165) is 11.3 Å². The Kier molecular flexibility index (Phi) is 7.01. The second kappa shape index (κ2) is 8.57. The van der Waals surface area contributed by atoms with Crippen LogP contribution in [-0.4, -0.2) is 29.4 Å². The largest absolute Gasteiger partial charge is 0.396 e. The van der Waals surface area contributed by atoms with Crippen LogP contribution in [0.5, 0.6) is 0 Å². The van der Waals surface area contributed by atoms with Gasteiger partial charge in [0.25, 0.3) is 0 Å². The monoisotopic (exact) mass is 278 g/mol. The highest BCUT2D eigenvalue weighted by molar-refractivity contribution is 7.99. The van der Waals surface area contributed by atoms with Crippen LogP contribution in [0.3, 0.4) is 0 Å². The summed E-state index contributed by atoms with van der Waals surface area (Å²) in [6.07, 6.45) is 0.575. The predicted octanol–water partition coefficient (Wildman–Crippen LogP) is 1.68. The molecule has 2 N–H and O–H groups in total. The summed E-state index contributed by atoms with van der Waals surface area (Å²) < 4.78 is 0. The first-order valence-electron chi connectivity index (χ1n) is 6.12. The topological polar surface area (TPSA) is 73.1 Å². The molecular weight excluding hydrogens is 260 g/mol. The van der Waals surface area contributed by atoms with E-state index >= 15 is 0 Å². The van der Waals surface area contributed by atoms with Crippen LogP contribution in [0.1, 0.15) is 24.5 Å². The van der Waals surface area contributed by atoms with Gasteiger partial charge in [0.05, 0.1) is 17.4 Å². The zero-order chi connectivity index (χ0) is 14.1. The molecular formula is C14H18N2O2S. The smallest absolute Gasteiger partial charge is 0.230 e. The average Bonchev–Trinajstić information content (AvgIpc) is 2.39. The molecule has 5 heteroatoms. The molecule has 102 valence electrons. The van der Waals surface area contributed by atoms with Crippen LogP contribution in [-0.2, 0) is 10.5 Å². The number of rotatable bonds is 7. The number of aliphatic hydroxyl groups excluding tert-OH is 1. The van der Waals surface area contributed by atoms with Crippen molar-refractivity contribution < 1.29 is 9.90 Å². The van der Waals surface area contributed by atoms with Gasteiger partial charge in [-0.2, -0.15) is 5.26 Å². The van der Waals surface area contributed by atoms with Gasteiger partial charge in [-0.1, -0.05) is 12.1 Å². The molecule has 0 aromatic heterocycles. The van der Waals surface area contributed by atoms with E-state index in [4.69, 9.17) is 10.4 Å². The molecule has 0 aliphatic carbocycles. The molecule has 0 saturated carbocycles. The fourth-order valence-electron chi connectivity index (χ4n) is 1.52. The predicted molar refractivity (Wildman–Crippen MR) is 76.6 cm³/mol. The Balaban J connectivity index is 2.26. The lowest BCUT2D eigenvalue weighted by Gasteiger charge is -2.12. The summed E-state index contributed by atoms with van der Waals surface area (Å²) >= 11 is 1.53. The number of nitrogens with zero attached hydrogens (tertiary/aromatic N) is 1. The Hall–Kier alpha value is -1.51. The maximum atomic E-state index is 11.6. The van der Waals surface area contributed by atoms with E-state index in [1.807, 2.05) is 19.1 Å². The fraction of sp³-hybridized carbons (Fsp3) is 0.429. The molecule has 1 amide bonds. The molecule has 4 nitrogen and oxygen atoms in total. The molecule has 19 heavy (non-hydrogen) atoms. The van der Waals surface area contributed by atoms with Crippen molar-refractivity contribution in [2.45, 2.75) is 25.1 Å². The summed E-state index contributed by atoms with van der Waals surface area (Å²) in [6.45, 7) is 1.96. The first-order chi connectivity index (χ1) is 9.15. The summed E-state index contributed by atoms with van der Waals surface area (Å²) in [6, 6.07) is 9.43. The van der Waals surface area contributed by atoms with Gasteiger partial charge >= 0.3 is 0 Å². The van der Waals surface area contributed by atoms with Crippen molar-refractivity contribution in [1.29, 1.82) is 5.26 Å². The third kappa shape index (κ3) is 6.27. The van der Waals surface area contributed by atoms with E-state index in [1.54, 1.807) is 12.1 Å². The minimum Gasteiger partial charge on any atom is -0.396 e. The molecule has 0 aliphatic heterocycles. The Bertz CT molecular complexity index is 440. The number of nitriles is 1. The van der Waals surface area contributed by atoms with Crippen LogP contribution < -0.4 is 5.32 Å². The van der Waals surface area contributed by atoms with Crippen molar-refractivity contribution >= 4 is 17.7 Å². The van der Waals surface area contributed by atoms with Crippen LogP contribution in [0.4, 0.5) is 0 Å². The summed E-state index contributed by atoms with van der Waals surface area (Å²) in [5.41, 5.74) is 1.74. The minimum absolute atomic E-state index is 0.00742. The van der Waals surface area contributed by atoms with E-state index in [2.05, 4.69) is 11.4 Å². The van der Waals surface area contributed by atoms with Gasteiger partial charge in [-0.25, -0.2) is 0 Å². The average molecular weight is 278 g/mol. The van der Waals surface area contributed by atoms with Crippen LogP contribution in [0.15, 0.2) is 24.3 Å². The van der Waals surface area contributed by atoms with Gasteiger partial charge in [-0.3, -0.25) is 4.79 Å². The number of carbonyl (C=O) groups excluding carboxylic acids is 1. The minimum atomic E-state index is -0.0143. The van der Waals surface area contributed by atoms with Crippen molar-refractivity contribution in [1.82, 2.24) is 5.32 Å². The lowest BCUT2D eigenvalue weighted by molar-refractivity contribution is -0.119. The van der Waals surface area contributed by atoms with Gasteiger partial charge < -0.3 is 10.4 Å². The lowest BCUT2D eigenvalue weighted by atomic mass is 10.2. The second-order valence-electron chi connectivity index (χ2n) is 4.28. The molecule has 0 fully saturated rings. The van der Waals surface area contributed by atoms with Crippen molar-refractivity contribution in [3.63, 3.8) is 0 Å². The first-order valence-corrected chi connectivity index (χ1v) is 7.28. The highest BCUT2D eigenvalue weighted by Gasteiger charge is 2.06. The van der Waals surface area contributed by atoms with Gasteiger partial charge in [0, 0.05) is 18.4 Å². The van der Waals surface area contributed by atoms with Gasteiger partial charge in [0.15, 0.2) is 0 Å². The quantitative estimate of drug-likeness (QED) is 0.796. The third-order valence-electron chi connectivity index (χ3n) is 2.55. The van der Waals surface area contributed by atoms with Gasteiger partial charge in [0.2, 0.25) is 5.91 Å². The van der Waals surface area contributed by atoms with Gasteiger partial charge in [-0.05, 0) is 31.0 Å². The number of aliphatic hydroxyl groups is 1. The second-order valence-corrected chi connectivity index (χ2v) is 5.27. The molecule has 1 aromatic carbocycles. The molecule has 1 atom stereocenters. The van der Waals surface area contributed by atoms with E-state index in [0.29, 0.717) is 17.7 Å². The number of benzene rings is 1. The summed E-state index contributed by atoms with van der Waals surface area (Å²) in [4.78, 5) is 11.6. The Morgan fingerprint density at radius 2 is 2.16 bits per heavy atom. The van der Waals surface area contributed by atoms with Crippen LogP contribution >= 0.6 is 11.8 Å². The Labute approximate surface area is 117 Å². The van der Waals surface area contributed by atoms with E-state index in [1.165, 1.54) is 11.8 Å². The van der Waals surface area contributed by atoms with Crippen molar-refractivity contribution in [3.8, 4) is 6.07 Å². The van der Waals surface area contributed by atoms with E-state index in [9.17, 15) is 4.79 Å². The van der Waals surface area contributed by atoms with Gasteiger partial charge in [-0.15, -0.1) is 11.8 Å². The number of amides is 1. The molecule has 1 rings (SSSR count). The number of hydrogen-bond acceptors (Lipinski definition) is 4. The van der Waals surface area contributed by atoms with Crippen LogP contribution in [0.2, 0.25) is 0 Å². The highest BCUT2D eigenvalue weighted by atomic mass is 32.2. The molecule has 0 bridgehead atoms. The molecule has 0 saturated heterocycles. The third-order valence-corrected chi connectivity index (χ3v) is 3.56. The number of thioether (sulfide) groups is 1. The van der Waals surface area contributed by atoms with Gasteiger partial charge in [0.1, 0.15) is 0 Å². The molecule has 1 aromatic rings. The number of hydrogen-bond donors (Lipinski definition) is 2. The molecule has 0 spiro atoms. The lowest BCUT2D eigenvalue weighted by Crippen LogP contribution is -2.34. The number of nitrogens with one attached hydrogen (secondary N) is 1. The number of carbonyl (C=O) groups is 1. The first kappa shape index (κ1) is 15.5. The van der Waals surface area contributed by atoms with Crippen molar-refractivity contribution in [2.75, 3.05) is 12.4 Å². The SMILES string of the molecule is C[C@H](CCO)NC(=O)CSCc1ccc(C#N)cc1. The molecule has 0 aliphatic rings. The maximum absolute atomic E-state index is 11.6. The molecule has 0 radical (unpaired) electrons. The Morgan fingerprint density at radius 1 is 1.47 bits per heavy atom. The summed E-state index contributed by atoms with van der Waals surface area (Å²) in [5.74, 6) is 1.13. The van der Waals surface area contributed by atoms with E-state index < -0.39 is 0 Å². The summed E-state index contributed by atoms with van der Waals surface area (Å²) in [7, 11) is 0. The Morgan fingerprint density at radius 3 is 2.74 bits per heavy atom. The van der Waals surface area contributed by atoms with Crippen molar-refractivity contribution in [2.24, 2.45) is 0 Å². The normalized spacial score (nSPS) is 11.6. The molecule has 0 unspecified atom stereocenters. The van der Waals surface area contributed by atoms with Crippen molar-refractivity contribution in [3.05, 3.63) is 35.4 Å². The zero-order valence-electron chi connectivity index (χ0n) is 10.9. The maximum Gasteiger partial charge on any atom is 0.230 e. The highest BCUT2D eigenvalue weighted by Crippen LogP contribution is 2.12. The molecule has 0 heterocycles. The standard InChI is InChI=1S/C14H18N2O2S/c1-11(6-7-17)16-14(18)10-19-9-13-4-2-12(8-15)3-5-13/h2-5,11,17H,6-7,9-10H2,1H3,(H,16,18)/t11-/m1/s1. The summed E-state index contributed by atoms with van der Waals surface area (Å²) in [5, 5.41) is 20.2. The zero-order valence-corrected chi connectivity index (χ0v) is 11.7. The van der Waals surface area contributed by atoms with Crippen LogP contribution in [0, 0.1) is 11.3 Å². The van der Waals surface area contributed by atoms with Crippen LogP contribution in [0.25, 0.3) is 0 Å².